The molecule has 0 bridgehead atoms. The summed E-state index contributed by atoms with van der Waals surface area (Å²) < 4.78 is 14.5. The van der Waals surface area contributed by atoms with Gasteiger partial charge in [-0.25, -0.2) is 14.8 Å². The van der Waals surface area contributed by atoms with Gasteiger partial charge in [0.25, 0.3) is 0 Å². The van der Waals surface area contributed by atoms with Crippen molar-refractivity contribution in [2.45, 2.75) is 46.4 Å². The van der Waals surface area contributed by atoms with Crippen LogP contribution in [0.3, 0.4) is 0 Å². The summed E-state index contributed by atoms with van der Waals surface area (Å²) >= 11 is 1.65. The minimum absolute atomic E-state index is 0.322. The maximum atomic E-state index is 12.8. The summed E-state index contributed by atoms with van der Waals surface area (Å²) in [5, 5.41) is 1.93. The van der Waals surface area contributed by atoms with Gasteiger partial charge in [-0.3, -0.25) is 0 Å². The first-order valence-electron chi connectivity index (χ1n) is 10.8. The van der Waals surface area contributed by atoms with Crippen LogP contribution in [0.5, 0.6) is 5.75 Å². The zero-order valence-corrected chi connectivity index (χ0v) is 20.2. The van der Waals surface area contributed by atoms with Crippen molar-refractivity contribution in [2.75, 3.05) is 19.4 Å². The van der Waals surface area contributed by atoms with Crippen LogP contribution < -0.4 is 10.5 Å². The second-order valence-electron chi connectivity index (χ2n) is 9.33. The van der Waals surface area contributed by atoms with Crippen molar-refractivity contribution in [3.05, 3.63) is 35.8 Å². The fourth-order valence-corrected chi connectivity index (χ4v) is 5.62. The monoisotopic (exact) mass is 465 g/mol. The van der Waals surface area contributed by atoms with Crippen LogP contribution in [0, 0.1) is 6.92 Å². The number of hydrogen-bond acceptors (Lipinski definition) is 7. The number of nitrogens with two attached hydrogens (primary N) is 1. The third kappa shape index (κ3) is 3.66. The molecule has 4 aromatic rings. The van der Waals surface area contributed by atoms with Gasteiger partial charge in [-0.2, -0.15) is 0 Å². The summed E-state index contributed by atoms with van der Waals surface area (Å²) in [5.41, 5.74) is 9.69. The van der Waals surface area contributed by atoms with E-state index in [1.165, 1.54) is 6.33 Å². The molecule has 0 radical (unpaired) electrons. The molecule has 5 rings (SSSR count). The van der Waals surface area contributed by atoms with Crippen LogP contribution in [0.1, 0.15) is 32.0 Å². The Morgan fingerprint density at radius 2 is 1.97 bits per heavy atom. The lowest BCUT2D eigenvalue weighted by molar-refractivity contribution is 0.0201. The van der Waals surface area contributed by atoms with E-state index in [0.29, 0.717) is 25.5 Å². The summed E-state index contributed by atoms with van der Waals surface area (Å²) in [5.74, 6) is 1.28. The van der Waals surface area contributed by atoms with E-state index in [1.54, 1.807) is 23.3 Å². The largest absolute Gasteiger partial charge is 0.495 e. The number of thiophene rings is 1. The molecule has 1 aromatic carbocycles. The predicted octanol–water partition coefficient (Wildman–Crippen LogP) is 4.96. The number of aromatic nitrogens is 3. The first kappa shape index (κ1) is 21.5. The number of hydrogen-bond donors (Lipinski definition) is 1. The average molecular weight is 466 g/mol. The minimum Gasteiger partial charge on any atom is -0.495 e. The van der Waals surface area contributed by atoms with Gasteiger partial charge >= 0.3 is 6.09 Å². The smallest absolute Gasteiger partial charge is 0.410 e. The van der Waals surface area contributed by atoms with Gasteiger partial charge in [0.2, 0.25) is 0 Å². The molecule has 0 fully saturated rings. The van der Waals surface area contributed by atoms with E-state index in [2.05, 4.69) is 33.6 Å². The Morgan fingerprint density at radius 3 is 2.70 bits per heavy atom. The van der Waals surface area contributed by atoms with E-state index in [-0.39, 0.29) is 6.09 Å². The van der Waals surface area contributed by atoms with Crippen LogP contribution in [0.4, 0.5) is 10.6 Å². The van der Waals surface area contributed by atoms with Crippen molar-refractivity contribution >= 4 is 44.4 Å². The van der Waals surface area contributed by atoms with Crippen molar-refractivity contribution < 1.29 is 14.3 Å². The van der Waals surface area contributed by atoms with Crippen molar-refractivity contribution in [1.82, 2.24) is 19.4 Å². The number of nitrogens with zero attached hydrogens (tertiary/aromatic N) is 4. The highest BCUT2D eigenvalue weighted by atomic mass is 32.1. The summed E-state index contributed by atoms with van der Waals surface area (Å²) in [6.45, 7) is 9.23. The molecule has 3 aromatic heterocycles. The number of benzene rings is 1. The Balaban J connectivity index is 1.70. The van der Waals surface area contributed by atoms with Crippen LogP contribution in [-0.4, -0.2) is 44.8 Å². The molecular formula is C24H27N5O3S. The SMILES string of the molecule is COc1cc(C)cc2cc(-c3c4n(c5ncnc(N)c35)CCN(C(=O)OC(C)(C)C)C4)sc12. The zero-order chi connectivity index (χ0) is 23.5. The van der Waals surface area contributed by atoms with Crippen LogP contribution >= 0.6 is 11.3 Å². The number of amides is 1. The van der Waals surface area contributed by atoms with Crippen molar-refractivity contribution in [3.63, 3.8) is 0 Å². The lowest BCUT2D eigenvalue weighted by atomic mass is 10.1. The van der Waals surface area contributed by atoms with Gasteiger partial charge in [-0.15, -0.1) is 11.3 Å². The molecule has 1 aliphatic heterocycles. The third-order valence-corrected chi connectivity index (χ3v) is 6.94. The highest BCUT2D eigenvalue weighted by Crippen LogP contribution is 2.45. The number of ether oxygens (including phenoxy) is 2. The van der Waals surface area contributed by atoms with Gasteiger partial charge in [-0.1, -0.05) is 6.07 Å². The summed E-state index contributed by atoms with van der Waals surface area (Å²) in [4.78, 5) is 24.4. The van der Waals surface area contributed by atoms with Crippen LogP contribution in [0.15, 0.2) is 24.5 Å². The quantitative estimate of drug-likeness (QED) is 0.449. The Labute approximate surface area is 195 Å². The molecular weight excluding hydrogens is 438 g/mol. The molecule has 4 heterocycles. The third-order valence-electron chi connectivity index (χ3n) is 5.76. The lowest BCUT2D eigenvalue weighted by Crippen LogP contribution is -2.41. The fraction of sp³-hybridized carbons (Fsp3) is 0.375. The molecule has 0 saturated heterocycles. The van der Waals surface area contributed by atoms with E-state index in [1.807, 2.05) is 26.8 Å². The number of anilines is 1. The molecule has 33 heavy (non-hydrogen) atoms. The lowest BCUT2D eigenvalue weighted by Gasteiger charge is -2.31. The fourth-order valence-electron chi connectivity index (χ4n) is 4.41. The standard InChI is InChI=1S/C24H27N5O3S/c1-13-8-14-10-17(33-20(14)16(9-13)31-5)18-15-11-28(23(30)32-24(2,3)4)6-7-29(15)22-19(18)21(25)26-12-27-22/h8-10,12H,6-7,11H2,1-5H3,(H2,25,26,27). The maximum absolute atomic E-state index is 12.8. The molecule has 0 atom stereocenters. The van der Waals surface area contributed by atoms with Gasteiger partial charge in [0, 0.05) is 29.2 Å². The number of nitrogen functional groups attached to an aromatic ring is 1. The highest BCUT2D eigenvalue weighted by Gasteiger charge is 2.31. The van der Waals surface area contributed by atoms with E-state index in [9.17, 15) is 4.79 Å². The maximum Gasteiger partial charge on any atom is 0.410 e. The summed E-state index contributed by atoms with van der Waals surface area (Å²) in [6, 6.07) is 6.34. The van der Waals surface area contributed by atoms with E-state index in [4.69, 9.17) is 15.2 Å². The van der Waals surface area contributed by atoms with Gasteiger partial charge in [0.1, 0.15) is 29.1 Å². The molecule has 1 aliphatic rings. The van der Waals surface area contributed by atoms with Crippen molar-refractivity contribution in [1.29, 1.82) is 0 Å². The van der Waals surface area contributed by atoms with Crippen LogP contribution in [-0.2, 0) is 17.8 Å². The molecule has 172 valence electrons. The molecule has 0 unspecified atom stereocenters. The van der Waals surface area contributed by atoms with Crippen LogP contribution in [0.25, 0.3) is 31.6 Å². The predicted molar refractivity (Wildman–Crippen MR) is 131 cm³/mol. The normalized spacial score (nSPS) is 14.0. The Bertz CT molecular complexity index is 1400. The Morgan fingerprint density at radius 1 is 1.18 bits per heavy atom. The average Bonchev–Trinajstić information content (AvgIpc) is 3.31. The number of fused-ring (bicyclic) bond motifs is 4. The van der Waals surface area contributed by atoms with Crippen LogP contribution in [0.2, 0.25) is 0 Å². The van der Waals surface area contributed by atoms with E-state index in [0.717, 1.165) is 48.6 Å². The van der Waals surface area contributed by atoms with Gasteiger partial charge in [0.05, 0.1) is 23.7 Å². The topological polar surface area (TPSA) is 95.5 Å². The molecule has 0 aliphatic carbocycles. The van der Waals surface area contributed by atoms with Gasteiger partial charge in [-0.05, 0) is 50.8 Å². The van der Waals surface area contributed by atoms with Gasteiger partial charge < -0.3 is 24.7 Å². The highest BCUT2D eigenvalue weighted by molar-refractivity contribution is 7.22. The molecule has 8 nitrogen and oxygen atoms in total. The van der Waals surface area contributed by atoms with E-state index >= 15 is 0 Å². The molecule has 2 N–H and O–H groups in total. The molecule has 9 heteroatoms. The summed E-state index contributed by atoms with van der Waals surface area (Å²) in [6.07, 6.45) is 1.17. The minimum atomic E-state index is -0.556. The summed E-state index contributed by atoms with van der Waals surface area (Å²) in [7, 11) is 1.69. The van der Waals surface area contributed by atoms with Gasteiger partial charge in [0.15, 0.2) is 0 Å². The molecule has 0 saturated carbocycles. The first-order chi connectivity index (χ1) is 15.7. The number of methoxy groups -OCH3 is 1. The number of rotatable bonds is 2. The number of aryl methyl sites for hydroxylation is 1. The molecule has 0 spiro atoms. The van der Waals surface area contributed by atoms with Crippen molar-refractivity contribution in [3.8, 4) is 16.2 Å². The zero-order valence-electron chi connectivity index (χ0n) is 19.4. The number of carbonyl (C=O) groups is 1. The Hall–Kier alpha value is -3.33. The number of carbonyl (C=O) groups excluding carboxylic acids is 1. The second-order valence-corrected chi connectivity index (χ2v) is 10.4. The Kier molecular flexibility index (Phi) is 4.97. The molecule has 1 amide bonds. The van der Waals surface area contributed by atoms with Crippen molar-refractivity contribution in [2.24, 2.45) is 0 Å². The second kappa shape index (κ2) is 7.62. The first-order valence-corrected chi connectivity index (χ1v) is 11.7. The van der Waals surface area contributed by atoms with E-state index < -0.39 is 5.60 Å².